The number of carbonyl (C=O) groups is 1. The molecule has 0 saturated heterocycles. The lowest BCUT2D eigenvalue weighted by Crippen LogP contribution is -2.43. The molecule has 0 spiro atoms. The number of benzene rings is 1. The van der Waals surface area contributed by atoms with Crippen LogP contribution in [0.2, 0.25) is 0 Å². The predicted octanol–water partition coefficient (Wildman–Crippen LogP) is 2.70. The number of nitrogens with zero attached hydrogens (tertiary/aromatic N) is 2. The van der Waals surface area contributed by atoms with Crippen LogP contribution >= 0.6 is 11.3 Å². The number of rotatable bonds is 7. The number of aromatic nitrogens is 1. The van der Waals surface area contributed by atoms with Gasteiger partial charge in [-0.05, 0) is 46.2 Å². The van der Waals surface area contributed by atoms with Crippen molar-refractivity contribution in [2.45, 2.75) is 46.1 Å². The van der Waals surface area contributed by atoms with Crippen LogP contribution in [-0.2, 0) is 11.2 Å². The molecule has 1 amide bonds. The number of amides is 1. The third kappa shape index (κ3) is 7.00. The normalized spacial score (nSPS) is 12.2. The van der Waals surface area contributed by atoms with E-state index in [-0.39, 0.29) is 18.0 Å². The Morgan fingerprint density at radius 1 is 1.23 bits per heavy atom. The summed E-state index contributed by atoms with van der Waals surface area (Å²) < 4.78 is 1.23. The molecular weight excluding hydrogens is 346 g/mol. The maximum Gasteiger partial charge on any atom is 0.242 e. The van der Waals surface area contributed by atoms with E-state index in [9.17, 15) is 4.79 Å². The Morgan fingerprint density at radius 3 is 2.69 bits per heavy atom. The highest BCUT2D eigenvalue weighted by Crippen LogP contribution is 2.22. The van der Waals surface area contributed by atoms with Crippen molar-refractivity contribution in [1.29, 1.82) is 0 Å². The molecule has 0 radical (unpaired) electrons. The fourth-order valence-corrected chi connectivity index (χ4v) is 3.43. The Hall–Kier alpha value is -2.15. The number of thiazole rings is 1. The van der Waals surface area contributed by atoms with E-state index in [0.717, 1.165) is 36.5 Å². The number of aliphatic imine (C=N–C) groups is 1. The zero-order chi connectivity index (χ0) is 19.0. The van der Waals surface area contributed by atoms with Crippen molar-refractivity contribution in [3.63, 3.8) is 0 Å². The van der Waals surface area contributed by atoms with E-state index in [0.29, 0.717) is 5.96 Å². The molecule has 142 valence electrons. The van der Waals surface area contributed by atoms with Gasteiger partial charge < -0.3 is 16.0 Å². The number of para-hydroxylation sites is 1. The number of guanidine groups is 1. The summed E-state index contributed by atoms with van der Waals surface area (Å²) in [4.78, 5) is 20.9. The van der Waals surface area contributed by atoms with Crippen molar-refractivity contribution in [2.24, 2.45) is 4.99 Å². The first-order valence-electron chi connectivity index (χ1n) is 9.05. The quantitative estimate of drug-likeness (QED) is 0.395. The van der Waals surface area contributed by atoms with E-state index in [1.165, 1.54) is 4.70 Å². The standard InChI is InChI=1S/C19H29N5OS/c1-5-20-18(22-13-16(25)24-19(2,3)4)21-12-8-11-17-23-14-9-6-7-10-15(14)26-17/h6-7,9-10H,5,8,11-13H2,1-4H3,(H,24,25)(H2,20,21,22). The zero-order valence-corrected chi connectivity index (χ0v) is 16.9. The van der Waals surface area contributed by atoms with Crippen molar-refractivity contribution in [1.82, 2.24) is 20.9 Å². The maximum atomic E-state index is 11.9. The highest BCUT2D eigenvalue weighted by molar-refractivity contribution is 7.18. The van der Waals surface area contributed by atoms with Gasteiger partial charge in [-0.3, -0.25) is 4.79 Å². The summed E-state index contributed by atoms with van der Waals surface area (Å²) in [6.07, 6.45) is 1.88. The van der Waals surface area contributed by atoms with Crippen LogP contribution in [0.5, 0.6) is 0 Å². The first kappa shape index (κ1) is 20.2. The minimum Gasteiger partial charge on any atom is -0.357 e. The smallest absolute Gasteiger partial charge is 0.242 e. The Kier molecular flexibility index (Phi) is 7.38. The van der Waals surface area contributed by atoms with Crippen LogP contribution in [0.25, 0.3) is 10.2 Å². The van der Waals surface area contributed by atoms with Gasteiger partial charge in [-0.2, -0.15) is 0 Å². The van der Waals surface area contributed by atoms with Crippen molar-refractivity contribution in [3.8, 4) is 0 Å². The lowest BCUT2D eigenvalue weighted by Gasteiger charge is -2.20. The van der Waals surface area contributed by atoms with Gasteiger partial charge in [-0.1, -0.05) is 12.1 Å². The van der Waals surface area contributed by atoms with Gasteiger partial charge in [-0.25, -0.2) is 9.98 Å². The first-order valence-corrected chi connectivity index (χ1v) is 9.86. The molecular formula is C19H29N5OS. The van der Waals surface area contributed by atoms with Crippen molar-refractivity contribution >= 4 is 33.4 Å². The zero-order valence-electron chi connectivity index (χ0n) is 16.1. The molecule has 0 saturated carbocycles. The van der Waals surface area contributed by atoms with E-state index >= 15 is 0 Å². The van der Waals surface area contributed by atoms with Gasteiger partial charge in [0.15, 0.2) is 5.96 Å². The number of carbonyl (C=O) groups excluding carboxylic acids is 1. The molecule has 1 aromatic carbocycles. The number of hydrogen-bond donors (Lipinski definition) is 3. The van der Waals surface area contributed by atoms with Crippen molar-refractivity contribution in [2.75, 3.05) is 19.6 Å². The molecule has 6 nitrogen and oxygen atoms in total. The summed E-state index contributed by atoms with van der Waals surface area (Å²) in [5, 5.41) is 10.5. The summed E-state index contributed by atoms with van der Waals surface area (Å²) in [6.45, 7) is 9.53. The molecule has 7 heteroatoms. The molecule has 26 heavy (non-hydrogen) atoms. The third-order valence-corrected chi connectivity index (χ3v) is 4.53. The van der Waals surface area contributed by atoms with Crippen LogP contribution < -0.4 is 16.0 Å². The van der Waals surface area contributed by atoms with E-state index in [1.807, 2.05) is 45.9 Å². The lowest BCUT2D eigenvalue weighted by atomic mass is 10.1. The predicted molar refractivity (Wildman–Crippen MR) is 110 cm³/mol. The third-order valence-electron chi connectivity index (χ3n) is 3.44. The SMILES string of the molecule is CCNC(=NCC(=O)NC(C)(C)C)NCCCc1nc2ccccc2s1. The minimum atomic E-state index is -0.240. The van der Waals surface area contributed by atoms with Gasteiger partial charge in [0.25, 0.3) is 0 Å². The fourth-order valence-electron chi connectivity index (χ4n) is 2.42. The topological polar surface area (TPSA) is 78.4 Å². The van der Waals surface area contributed by atoms with Crippen molar-refractivity contribution < 1.29 is 4.79 Å². The van der Waals surface area contributed by atoms with Crippen LogP contribution in [0.3, 0.4) is 0 Å². The number of nitrogens with one attached hydrogen (secondary N) is 3. The molecule has 0 fully saturated rings. The first-order chi connectivity index (χ1) is 12.4. The average Bonchev–Trinajstić information content (AvgIpc) is 2.97. The number of hydrogen-bond acceptors (Lipinski definition) is 4. The second-order valence-corrected chi connectivity index (χ2v) is 8.21. The Labute approximate surface area is 159 Å². The summed E-state index contributed by atoms with van der Waals surface area (Å²) in [7, 11) is 0. The molecule has 0 aliphatic rings. The number of fused-ring (bicyclic) bond motifs is 1. The van der Waals surface area contributed by atoms with Crippen molar-refractivity contribution in [3.05, 3.63) is 29.3 Å². The maximum absolute atomic E-state index is 11.9. The lowest BCUT2D eigenvalue weighted by molar-refractivity contribution is -0.121. The summed E-state index contributed by atoms with van der Waals surface area (Å²) >= 11 is 1.75. The van der Waals surface area contributed by atoms with Gasteiger partial charge in [-0.15, -0.1) is 11.3 Å². The molecule has 2 rings (SSSR count). The van der Waals surface area contributed by atoms with E-state index in [4.69, 9.17) is 0 Å². The minimum absolute atomic E-state index is 0.0795. The van der Waals surface area contributed by atoms with Crippen LogP contribution in [0, 0.1) is 0 Å². The number of aryl methyl sites for hydroxylation is 1. The van der Waals surface area contributed by atoms with Gasteiger partial charge in [0.05, 0.1) is 15.2 Å². The van der Waals surface area contributed by atoms with Crippen LogP contribution in [0.1, 0.15) is 39.1 Å². The molecule has 0 atom stereocenters. The largest absolute Gasteiger partial charge is 0.357 e. The van der Waals surface area contributed by atoms with E-state index in [2.05, 4.69) is 32.0 Å². The highest BCUT2D eigenvalue weighted by atomic mass is 32.1. The molecule has 1 aromatic heterocycles. The Bertz CT molecular complexity index is 715. The van der Waals surface area contributed by atoms with E-state index in [1.54, 1.807) is 11.3 Å². The second kappa shape index (κ2) is 9.52. The van der Waals surface area contributed by atoms with E-state index < -0.39 is 0 Å². The average molecular weight is 376 g/mol. The summed E-state index contributed by atoms with van der Waals surface area (Å²) in [5.74, 6) is 0.588. The van der Waals surface area contributed by atoms with Gasteiger partial charge in [0.1, 0.15) is 6.54 Å². The molecule has 0 bridgehead atoms. The highest BCUT2D eigenvalue weighted by Gasteiger charge is 2.13. The molecule has 3 N–H and O–H groups in total. The molecule has 2 aromatic rings. The van der Waals surface area contributed by atoms with Gasteiger partial charge >= 0.3 is 0 Å². The van der Waals surface area contributed by atoms with Crippen LogP contribution in [-0.4, -0.2) is 42.0 Å². The van der Waals surface area contributed by atoms with Gasteiger partial charge in [0, 0.05) is 25.0 Å². The molecule has 0 aliphatic carbocycles. The molecule has 0 unspecified atom stereocenters. The molecule has 0 aliphatic heterocycles. The second-order valence-electron chi connectivity index (χ2n) is 7.10. The van der Waals surface area contributed by atoms with Crippen LogP contribution in [0.4, 0.5) is 0 Å². The fraction of sp³-hybridized carbons (Fsp3) is 0.526. The Balaban J connectivity index is 1.78. The van der Waals surface area contributed by atoms with Crippen LogP contribution in [0.15, 0.2) is 29.3 Å². The monoisotopic (exact) mass is 375 g/mol. The Morgan fingerprint density at radius 2 is 2.00 bits per heavy atom. The summed E-state index contributed by atoms with van der Waals surface area (Å²) in [6, 6.07) is 8.21. The molecule has 1 heterocycles. The summed E-state index contributed by atoms with van der Waals surface area (Å²) in [5.41, 5.74) is 0.829. The van der Waals surface area contributed by atoms with Gasteiger partial charge in [0.2, 0.25) is 5.91 Å².